The average Bonchev–Trinajstić information content (AvgIpc) is 2.96. The number of pyridine rings is 1. The Bertz CT molecular complexity index is 1320. The maximum Gasteiger partial charge on any atom is 0.249 e. The molecule has 1 unspecified atom stereocenters. The van der Waals surface area contributed by atoms with Crippen molar-refractivity contribution in [3.63, 3.8) is 0 Å². The zero-order valence-electron chi connectivity index (χ0n) is 22.4. The van der Waals surface area contributed by atoms with E-state index in [9.17, 15) is 28.3 Å². The fourth-order valence-electron chi connectivity index (χ4n) is 5.68. The Morgan fingerprint density at radius 3 is 2.52 bits per heavy atom. The van der Waals surface area contributed by atoms with Crippen LogP contribution in [0.25, 0.3) is 10.9 Å². The topological polar surface area (TPSA) is 121 Å². The summed E-state index contributed by atoms with van der Waals surface area (Å²) in [5.41, 5.74) is 8.74. The lowest BCUT2D eigenvalue weighted by Gasteiger charge is -2.40. The van der Waals surface area contributed by atoms with E-state index in [2.05, 4.69) is 9.88 Å². The number of aliphatic hydroxyl groups excluding tert-OH is 1. The quantitative estimate of drug-likeness (QED) is 0.205. The summed E-state index contributed by atoms with van der Waals surface area (Å²) in [4.78, 5) is 19.4. The number of amides is 1. The number of ether oxygens (including phenoxy) is 1. The van der Waals surface area contributed by atoms with Crippen LogP contribution in [-0.2, 0) is 17.8 Å². The largest absolute Gasteiger partial charge is 0.497 e. The first-order valence-electron chi connectivity index (χ1n) is 13.4. The van der Waals surface area contributed by atoms with Gasteiger partial charge in [0.15, 0.2) is 0 Å². The molecule has 2 aromatic carbocycles. The molecule has 216 valence electrons. The highest BCUT2D eigenvalue weighted by Crippen LogP contribution is 2.40. The number of aliphatic hydroxyl groups is 1. The van der Waals surface area contributed by atoms with E-state index in [4.69, 9.17) is 10.5 Å². The molecule has 1 amide bonds. The normalized spacial score (nSPS) is 16.2. The van der Waals surface area contributed by atoms with Gasteiger partial charge in [0.2, 0.25) is 5.91 Å². The van der Waals surface area contributed by atoms with Gasteiger partial charge in [0.25, 0.3) is 0 Å². The molecule has 0 radical (unpaired) electrons. The van der Waals surface area contributed by atoms with E-state index >= 15 is 0 Å². The molecule has 0 spiro atoms. The minimum absolute atomic E-state index is 0.122. The van der Waals surface area contributed by atoms with Crippen molar-refractivity contribution >= 4 is 16.8 Å². The molecule has 40 heavy (non-hydrogen) atoms. The van der Waals surface area contributed by atoms with Crippen LogP contribution in [0.4, 0.5) is 13.2 Å². The molecule has 3 aromatic rings. The van der Waals surface area contributed by atoms with Gasteiger partial charge >= 0.3 is 0 Å². The number of carbonyl (C=O) groups excluding carboxylic acids is 1. The average molecular weight is 561 g/mol. The first kappa shape index (κ1) is 29.7. The predicted molar refractivity (Wildman–Crippen MR) is 143 cm³/mol. The van der Waals surface area contributed by atoms with Crippen LogP contribution in [0.1, 0.15) is 54.9 Å². The number of hydrogen-bond acceptors (Lipinski definition) is 7. The molecule has 0 saturated carbocycles. The molecule has 1 aliphatic heterocycles. The van der Waals surface area contributed by atoms with E-state index in [1.807, 2.05) is 0 Å². The zero-order valence-corrected chi connectivity index (χ0v) is 22.4. The second-order valence-electron chi connectivity index (χ2n) is 10.4. The molecule has 1 fully saturated rings. The molecular weight excluding hydrogens is 525 g/mol. The Morgan fingerprint density at radius 1 is 1.20 bits per heavy atom. The number of halogens is 3. The van der Waals surface area contributed by atoms with Crippen molar-refractivity contribution in [3.8, 4) is 5.75 Å². The summed E-state index contributed by atoms with van der Waals surface area (Å²) < 4.78 is 46.4. The van der Waals surface area contributed by atoms with E-state index in [0.717, 1.165) is 5.39 Å². The lowest BCUT2D eigenvalue weighted by Crippen LogP contribution is -2.48. The SMILES string of the molecule is COc1ccc2ncc(CN)c(C(O)CCC3(C(=O)NO)CCN(CCCc4c(F)cc(F)cc4F)CC3)c2c1. The summed E-state index contributed by atoms with van der Waals surface area (Å²) >= 11 is 0. The molecule has 1 aliphatic rings. The van der Waals surface area contributed by atoms with Crippen molar-refractivity contribution in [2.45, 2.75) is 51.2 Å². The summed E-state index contributed by atoms with van der Waals surface area (Å²) in [5, 5.41) is 21.5. The standard InChI is InChI=1S/C29H35F3N4O4/c1-40-20-4-5-25-22(15-20)27(18(16-33)17-34-25)26(37)6-7-29(28(38)35-39)8-11-36(12-9-29)10-2-3-21-23(31)13-19(30)14-24(21)32/h4-5,13-15,17,26,37,39H,2-3,6-12,16,33H2,1H3,(H,35,38). The lowest BCUT2D eigenvalue weighted by molar-refractivity contribution is -0.143. The Kier molecular flexibility index (Phi) is 9.62. The first-order valence-corrected chi connectivity index (χ1v) is 13.4. The van der Waals surface area contributed by atoms with E-state index in [0.29, 0.717) is 79.8 Å². The minimum atomic E-state index is -0.950. The van der Waals surface area contributed by atoms with Gasteiger partial charge < -0.3 is 20.5 Å². The summed E-state index contributed by atoms with van der Waals surface area (Å²) in [6, 6.07) is 6.75. The van der Waals surface area contributed by atoms with Crippen LogP contribution in [0.3, 0.4) is 0 Å². The molecule has 1 aromatic heterocycles. The van der Waals surface area contributed by atoms with E-state index in [-0.39, 0.29) is 24.9 Å². The molecular formula is C29H35F3N4O4. The summed E-state index contributed by atoms with van der Waals surface area (Å²) in [6.45, 7) is 1.78. The van der Waals surface area contributed by atoms with Crippen molar-refractivity contribution in [3.05, 3.63) is 70.7 Å². The number of carbonyl (C=O) groups is 1. The van der Waals surface area contributed by atoms with Crippen LogP contribution in [0.15, 0.2) is 36.5 Å². The fourth-order valence-corrected chi connectivity index (χ4v) is 5.68. The van der Waals surface area contributed by atoms with Crippen LogP contribution in [-0.4, -0.2) is 52.8 Å². The van der Waals surface area contributed by atoms with Crippen LogP contribution >= 0.6 is 0 Å². The maximum absolute atomic E-state index is 14.0. The minimum Gasteiger partial charge on any atom is -0.497 e. The van der Waals surface area contributed by atoms with E-state index in [1.165, 1.54) is 0 Å². The summed E-state index contributed by atoms with van der Waals surface area (Å²) in [7, 11) is 1.56. The molecule has 8 nitrogen and oxygen atoms in total. The summed E-state index contributed by atoms with van der Waals surface area (Å²) in [5.74, 6) is -2.63. The highest BCUT2D eigenvalue weighted by molar-refractivity contribution is 5.85. The number of aromatic nitrogens is 1. The highest BCUT2D eigenvalue weighted by atomic mass is 19.1. The number of hydroxylamine groups is 1. The first-order chi connectivity index (χ1) is 19.2. The maximum atomic E-state index is 14.0. The fraction of sp³-hybridized carbons (Fsp3) is 0.448. The third kappa shape index (κ3) is 6.38. The zero-order chi connectivity index (χ0) is 28.9. The third-order valence-corrected chi connectivity index (χ3v) is 8.05. The van der Waals surface area contributed by atoms with Gasteiger partial charge in [-0.25, -0.2) is 18.7 Å². The number of piperidine rings is 1. The van der Waals surface area contributed by atoms with E-state index in [1.54, 1.807) is 37.0 Å². The van der Waals surface area contributed by atoms with Crippen LogP contribution in [0.2, 0.25) is 0 Å². The van der Waals surface area contributed by atoms with Gasteiger partial charge in [0.05, 0.1) is 24.1 Å². The molecule has 11 heteroatoms. The lowest BCUT2D eigenvalue weighted by atomic mass is 9.73. The van der Waals surface area contributed by atoms with Crippen molar-refractivity contribution in [1.29, 1.82) is 0 Å². The van der Waals surface area contributed by atoms with Gasteiger partial charge in [-0.15, -0.1) is 0 Å². The Morgan fingerprint density at radius 2 is 1.90 bits per heavy atom. The van der Waals surface area contributed by atoms with Gasteiger partial charge in [-0.2, -0.15) is 0 Å². The van der Waals surface area contributed by atoms with Gasteiger partial charge in [0, 0.05) is 35.8 Å². The number of methoxy groups -OCH3 is 1. The Labute approximate surface area is 230 Å². The molecule has 4 rings (SSSR count). The number of nitrogens with zero attached hydrogens (tertiary/aromatic N) is 2. The van der Waals surface area contributed by atoms with Crippen LogP contribution in [0.5, 0.6) is 5.75 Å². The smallest absolute Gasteiger partial charge is 0.249 e. The Balaban J connectivity index is 1.42. The molecule has 1 saturated heterocycles. The molecule has 0 bridgehead atoms. The number of nitrogens with two attached hydrogens (primary N) is 1. The molecule has 5 N–H and O–H groups in total. The van der Waals surface area contributed by atoms with Gasteiger partial charge in [-0.1, -0.05) is 0 Å². The number of fused-ring (bicyclic) bond motifs is 1. The predicted octanol–water partition coefficient (Wildman–Crippen LogP) is 4.15. The molecule has 0 aliphatic carbocycles. The van der Waals surface area contributed by atoms with Crippen molar-refractivity contribution in [2.24, 2.45) is 11.1 Å². The molecule has 2 heterocycles. The second-order valence-corrected chi connectivity index (χ2v) is 10.4. The highest BCUT2D eigenvalue weighted by Gasteiger charge is 2.41. The van der Waals surface area contributed by atoms with Gasteiger partial charge in [-0.05, 0) is 87.5 Å². The number of rotatable bonds is 11. The van der Waals surface area contributed by atoms with Gasteiger partial charge in [-0.3, -0.25) is 15.0 Å². The molecule has 1 atom stereocenters. The Hall–Kier alpha value is -3.25. The van der Waals surface area contributed by atoms with Crippen LogP contribution in [0, 0.1) is 22.9 Å². The number of benzene rings is 2. The van der Waals surface area contributed by atoms with Gasteiger partial charge in [0.1, 0.15) is 23.2 Å². The van der Waals surface area contributed by atoms with E-state index < -0.39 is 34.9 Å². The number of hydrogen-bond donors (Lipinski definition) is 4. The third-order valence-electron chi connectivity index (χ3n) is 8.05. The monoisotopic (exact) mass is 560 g/mol. The van der Waals surface area contributed by atoms with Crippen molar-refractivity contribution in [2.75, 3.05) is 26.7 Å². The van der Waals surface area contributed by atoms with Crippen molar-refractivity contribution < 1.29 is 33.0 Å². The number of nitrogens with one attached hydrogen (secondary N) is 1. The second kappa shape index (κ2) is 12.9. The summed E-state index contributed by atoms with van der Waals surface area (Å²) in [6.07, 6.45) is 2.72. The van der Waals surface area contributed by atoms with Crippen molar-refractivity contribution in [1.82, 2.24) is 15.4 Å². The van der Waals surface area contributed by atoms with Crippen LogP contribution < -0.4 is 16.0 Å². The number of likely N-dealkylation sites (tertiary alicyclic amines) is 1.